The van der Waals surface area contributed by atoms with Crippen LogP contribution >= 0.6 is 11.3 Å². The van der Waals surface area contributed by atoms with Crippen molar-refractivity contribution in [3.05, 3.63) is 28.9 Å². The number of carboxylic acid groups (broad SMARTS) is 1. The van der Waals surface area contributed by atoms with Crippen LogP contribution in [0.4, 0.5) is 0 Å². The summed E-state index contributed by atoms with van der Waals surface area (Å²) in [6, 6.07) is 3.96. The van der Waals surface area contributed by atoms with Crippen LogP contribution in [0.1, 0.15) is 30.1 Å². The predicted octanol–water partition coefficient (Wildman–Crippen LogP) is 2.64. The lowest BCUT2D eigenvalue weighted by Gasteiger charge is -2.16. The fourth-order valence-corrected chi connectivity index (χ4v) is 2.96. The summed E-state index contributed by atoms with van der Waals surface area (Å²) >= 11 is 1.61. The molecule has 1 unspecified atom stereocenters. The van der Waals surface area contributed by atoms with Gasteiger partial charge in [-0.25, -0.2) is 4.98 Å². The maximum Gasteiger partial charge on any atom is 0.312 e. The summed E-state index contributed by atoms with van der Waals surface area (Å²) < 4.78 is 0. The summed E-state index contributed by atoms with van der Waals surface area (Å²) in [5.41, 5.74) is 1.72. The van der Waals surface area contributed by atoms with Gasteiger partial charge in [-0.2, -0.15) is 0 Å². The van der Waals surface area contributed by atoms with E-state index in [0.29, 0.717) is 6.42 Å². The number of carboxylic acids is 1. The predicted molar refractivity (Wildman–Crippen MR) is 65.2 cm³/mol. The summed E-state index contributed by atoms with van der Waals surface area (Å²) in [4.78, 5) is 19.9. The van der Waals surface area contributed by atoms with Crippen LogP contribution in [0.3, 0.4) is 0 Å². The molecule has 0 saturated heterocycles. The first-order valence-electron chi connectivity index (χ1n) is 5.61. The molecule has 1 atom stereocenters. The molecule has 88 valence electrons. The van der Waals surface area contributed by atoms with Gasteiger partial charge in [0.1, 0.15) is 11.7 Å². The molecule has 2 heterocycles. The zero-order valence-corrected chi connectivity index (χ0v) is 9.96. The van der Waals surface area contributed by atoms with Crippen LogP contribution in [0.5, 0.6) is 0 Å². The van der Waals surface area contributed by atoms with Crippen molar-refractivity contribution >= 4 is 17.3 Å². The lowest BCUT2D eigenvalue weighted by atomic mass is 9.90. The lowest BCUT2D eigenvalue weighted by Crippen LogP contribution is -2.17. The van der Waals surface area contributed by atoms with Gasteiger partial charge in [0.05, 0.1) is 10.6 Å². The average Bonchev–Trinajstić information content (AvgIpc) is 2.96. The first-order chi connectivity index (χ1) is 8.25. The van der Waals surface area contributed by atoms with Crippen LogP contribution in [0.15, 0.2) is 17.5 Å². The van der Waals surface area contributed by atoms with Crippen molar-refractivity contribution in [1.29, 1.82) is 0 Å². The molecule has 0 aliphatic heterocycles. The van der Waals surface area contributed by atoms with Gasteiger partial charge in [-0.3, -0.25) is 4.79 Å². The van der Waals surface area contributed by atoms with Gasteiger partial charge in [0, 0.05) is 5.69 Å². The number of nitrogens with one attached hydrogen (secondary N) is 1. The maximum atomic E-state index is 11.2. The number of fused-ring (bicyclic) bond motifs is 1. The van der Waals surface area contributed by atoms with Crippen molar-refractivity contribution < 1.29 is 9.90 Å². The number of thiophene rings is 1. The number of imidazole rings is 1. The first kappa shape index (κ1) is 10.5. The van der Waals surface area contributed by atoms with Crippen LogP contribution in [-0.2, 0) is 11.2 Å². The molecule has 2 aromatic rings. The number of aliphatic carboxylic acids is 1. The first-order valence-corrected chi connectivity index (χ1v) is 6.49. The average molecular weight is 248 g/mol. The Bertz CT molecular complexity index is 545. The third-order valence-corrected chi connectivity index (χ3v) is 3.99. The van der Waals surface area contributed by atoms with Crippen LogP contribution in [0.25, 0.3) is 10.7 Å². The second-order valence-electron chi connectivity index (χ2n) is 4.21. The highest BCUT2D eigenvalue weighted by atomic mass is 32.1. The summed E-state index contributed by atoms with van der Waals surface area (Å²) in [6.07, 6.45) is 2.50. The third-order valence-electron chi connectivity index (χ3n) is 3.11. The molecule has 1 aliphatic rings. The van der Waals surface area contributed by atoms with E-state index in [9.17, 15) is 9.90 Å². The van der Waals surface area contributed by atoms with Crippen molar-refractivity contribution in [3.63, 3.8) is 0 Å². The number of hydrogen-bond acceptors (Lipinski definition) is 3. The zero-order valence-electron chi connectivity index (χ0n) is 9.14. The molecule has 2 N–H and O–H groups in total. The lowest BCUT2D eigenvalue weighted by molar-refractivity contribution is -0.139. The molecule has 0 amide bonds. The highest BCUT2D eigenvalue weighted by Crippen LogP contribution is 2.33. The van der Waals surface area contributed by atoms with Crippen molar-refractivity contribution in [2.45, 2.75) is 25.2 Å². The molecule has 0 aromatic carbocycles. The number of aryl methyl sites for hydroxylation is 1. The van der Waals surface area contributed by atoms with E-state index in [1.54, 1.807) is 11.3 Å². The second kappa shape index (κ2) is 4.00. The smallest absolute Gasteiger partial charge is 0.312 e. The van der Waals surface area contributed by atoms with Crippen molar-refractivity contribution in [3.8, 4) is 10.7 Å². The van der Waals surface area contributed by atoms with Crippen molar-refractivity contribution in [2.75, 3.05) is 0 Å². The fraction of sp³-hybridized carbons (Fsp3) is 0.333. The Hall–Kier alpha value is -1.62. The highest BCUT2D eigenvalue weighted by molar-refractivity contribution is 7.13. The van der Waals surface area contributed by atoms with Crippen LogP contribution in [0.2, 0.25) is 0 Å². The van der Waals surface area contributed by atoms with Gasteiger partial charge in [0.15, 0.2) is 0 Å². The molecule has 0 saturated carbocycles. The number of aromatic nitrogens is 2. The number of rotatable bonds is 2. The highest BCUT2D eigenvalue weighted by Gasteiger charge is 2.29. The Morgan fingerprint density at radius 2 is 2.47 bits per heavy atom. The molecule has 1 aliphatic carbocycles. The third kappa shape index (κ3) is 1.76. The van der Waals surface area contributed by atoms with Gasteiger partial charge in [-0.15, -0.1) is 11.3 Å². The minimum Gasteiger partial charge on any atom is -0.481 e. The quantitative estimate of drug-likeness (QED) is 0.858. The SMILES string of the molecule is O=C(O)C1CCCc2[nH]c(-c3cccs3)nc21. The summed E-state index contributed by atoms with van der Waals surface area (Å²) in [7, 11) is 0. The van der Waals surface area contributed by atoms with Gasteiger partial charge in [-0.05, 0) is 30.7 Å². The van der Waals surface area contributed by atoms with Gasteiger partial charge in [-0.1, -0.05) is 6.07 Å². The Morgan fingerprint density at radius 3 is 3.18 bits per heavy atom. The van der Waals surface area contributed by atoms with E-state index in [4.69, 9.17) is 0 Å². The topological polar surface area (TPSA) is 66.0 Å². The Balaban J connectivity index is 2.04. The van der Waals surface area contributed by atoms with E-state index in [0.717, 1.165) is 34.9 Å². The minimum atomic E-state index is -0.768. The number of H-pyrrole nitrogens is 1. The molecule has 5 heteroatoms. The molecular formula is C12H12N2O2S. The van der Waals surface area contributed by atoms with E-state index in [2.05, 4.69) is 9.97 Å². The summed E-state index contributed by atoms with van der Waals surface area (Å²) in [6.45, 7) is 0. The number of hydrogen-bond donors (Lipinski definition) is 2. The Labute approximate surface area is 102 Å². The molecule has 4 nitrogen and oxygen atoms in total. The molecule has 0 radical (unpaired) electrons. The molecule has 0 fully saturated rings. The number of aromatic amines is 1. The molecule has 2 aromatic heterocycles. The maximum absolute atomic E-state index is 11.2. The number of carbonyl (C=O) groups is 1. The Kier molecular flexibility index (Phi) is 2.48. The zero-order chi connectivity index (χ0) is 11.8. The summed E-state index contributed by atoms with van der Waals surface area (Å²) in [5.74, 6) is -0.406. The van der Waals surface area contributed by atoms with Crippen LogP contribution in [0, 0.1) is 0 Å². The molecule has 17 heavy (non-hydrogen) atoms. The fourth-order valence-electron chi connectivity index (χ4n) is 2.29. The van der Waals surface area contributed by atoms with E-state index < -0.39 is 11.9 Å². The molecule has 3 rings (SSSR count). The molecule has 0 bridgehead atoms. The van der Waals surface area contributed by atoms with E-state index in [1.165, 1.54) is 0 Å². The monoisotopic (exact) mass is 248 g/mol. The van der Waals surface area contributed by atoms with Crippen LogP contribution in [-0.4, -0.2) is 21.0 Å². The van der Waals surface area contributed by atoms with E-state index in [-0.39, 0.29) is 0 Å². The van der Waals surface area contributed by atoms with Crippen molar-refractivity contribution in [2.24, 2.45) is 0 Å². The number of nitrogens with zero attached hydrogens (tertiary/aromatic N) is 1. The standard InChI is InChI=1S/C12H12N2O2S/c15-12(16)7-3-1-4-8-10(7)14-11(13-8)9-5-2-6-17-9/h2,5-7H,1,3-4H2,(H,13,14)(H,15,16). The van der Waals surface area contributed by atoms with Gasteiger partial charge >= 0.3 is 5.97 Å². The van der Waals surface area contributed by atoms with E-state index in [1.807, 2.05) is 17.5 Å². The Morgan fingerprint density at radius 1 is 1.59 bits per heavy atom. The van der Waals surface area contributed by atoms with Crippen molar-refractivity contribution in [1.82, 2.24) is 9.97 Å². The largest absolute Gasteiger partial charge is 0.481 e. The van der Waals surface area contributed by atoms with E-state index >= 15 is 0 Å². The van der Waals surface area contributed by atoms with Gasteiger partial charge in [0.25, 0.3) is 0 Å². The normalized spacial score (nSPS) is 18.9. The molecule has 0 spiro atoms. The molecular weight excluding hydrogens is 236 g/mol. The minimum absolute atomic E-state index is 0.441. The van der Waals surface area contributed by atoms with Gasteiger partial charge < -0.3 is 10.1 Å². The van der Waals surface area contributed by atoms with Crippen LogP contribution < -0.4 is 0 Å². The van der Waals surface area contributed by atoms with Gasteiger partial charge in [0.2, 0.25) is 0 Å². The second-order valence-corrected chi connectivity index (χ2v) is 5.16. The summed E-state index contributed by atoms with van der Waals surface area (Å²) in [5, 5.41) is 11.2.